The highest BCUT2D eigenvalue weighted by atomic mass is 16.2. The van der Waals surface area contributed by atoms with E-state index in [-0.39, 0.29) is 67.2 Å². The number of aryl methyl sites for hydroxylation is 2. The van der Waals surface area contributed by atoms with E-state index in [1.54, 1.807) is 57.1 Å². The van der Waals surface area contributed by atoms with E-state index in [1.807, 2.05) is 115 Å². The molecule has 418 valence electrons. The molecule has 6 N–H and O–H groups in total. The molecule has 7 rings (SSSR count). The van der Waals surface area contributed by atoms with Crippen molar-refractivity contribution in [2.24, 2.45) is 10.8 Å². The highest BCUT2D eigenvalue weighted by molar-refractivity contribution is 5.99. The number of nitrogens with zero attached hydrogens (tertiary/aromatic N) is 3. The van der Waals surface area contributed by atoms with Crippen LogP contribution in [0.2, 0.25) is 0 Å². The third-order valence-corrected chi connectivity index (χ3v) is 16.2. The molecule has 1 aliphatic carbocycles. The number of likely N-dealkylation sites (N-methyl/N-ethyl adjacent to an activating group) is 2. The zero-order chi connectivity index (χ0) is 56.8. The van der Waals surface area contributed by atoms with Crippen molar-refractivity contribution in [1.82, 2.24) is 46.6 Å². The predicted octanol–water partition coefficient (Wildman–Crippen LogP) is 6.07. The Labute approximate surface area is 461 Å². The lowest BCUT2D eigenvalue weighted by molar-refractivity contribution is -0.144. The number of likely N-dealkylation sites (tertiary alicyclic amines) is 1. The summed E-state index contributed by atoms with van der Waals surface area (Å²) < 4.78 is 0. The van der Waals surface area contributed by atoms with Gasteiger partial charge in [0.25, 0.3) is 11.8 Å². The molecule has 0 bridgehead atoms. The van der Waals surface area contributed by atoms with E-state index in [9.17, 15) is 28.8 Å². The average Bonchev–Trinajstić information content (AvgIpc) is 3.88. The van der Waals surface area contributed by atoms with E-state index in [1.165, 1.54) is 10.5 Å². The summed E-state index contributed by atoms with van der Waals surface area (Å²) >= 11 is 0. The van der Waals surface area contributed by atoms with Crippen LogP contribution in [0.15, 0.2) is 91.0 Å². The Kier molecular flexibility index (Phi) is 18.7. The minimum atomic E-state index is -0.974. The van der Waals surface area contributed by atoms with Gasteiger partial charge in [-0.05, 0) is 148 Å². The Bertz CT molecular complexity index is 2860. The number of fused-ring (bicyclic) bond motifs is 2. The lowest BCUT2D eigenvalue weighted by Gasteiger charge is -2.43. The SMILES string of the molecule is CN[C@@H](C)C(=O)N[C@H](C(=O)N1Cc2ccccc2C[C@H]1CN(Cc1cccc(C)c1C)C(=O)c1ccc(C(=O)N[C@H]2C[C@@H](C(=O)N[C@@H]3CCCc4ccccc43)N(C(=O)[C@@H](NC(=O)[C@H](C)NC)C(C)(C)C)C2)cc1)C(C)(C)C. The third-order valence-electron chi connectivity index (χ3n) is 16.2. The summed E-state index contributed by atoms with van der Waals surface area (Å²) in [6, 6.07) is 23.4. The van der Waals surface area contributed by atoms with Gasteiger partial charge in [-0.3, -0.25) is 33.6 Å². The minimum absolute atomic E-state index is 0.0287. The van der Waals surface area contributed by atoms with Crippen molar-refractivity contribution in [1.29, 1.82) is 0 Å². The summed E-state index contributed by atoms with van der Waals surface area (Å²) in [5, 5.41) is 18.2. The fraction of sp³-hybridized carbons (Fsp3) is 0.500. The van der Waals surface area contributed by atoms with Gasteiger partial charge < -0.3 is 46.6 Å². The van der Waals surface area contributed by atoms with Crippen LogP contribution in [0.5, 0.6) is 0 Å². The summed E-state index contributed by atoms with van der Waals surface area (Å²) in [4.78, 5) is 105. The molecule has 0 aromatic heterocycles. The van der Waals surface area contributed by atoms with Gasteiger partial charge in [0.05, 0.1) is 24.2 Å². The van der Waals surface area contributed by atoms with Crippen LogP contribution < -0.4 is 31.9 Å². The molecule has 4 aromatic carbocycles. The lowest BCUT2D eigenvalue weighted by Crippen LogP contribution is -2.61. The Hall–Kier alpha value is -6.91. The van der Waals surface area contributed by atoms with Crippen LogP contribution >= 0.6 is 0 Å². The molecule has 16 nitrogen and oxygen atoms in total. The van der Waals surface area contributed by atoms with Gasteiger partial charge in [-0.25, -0.2) is 0 Å². The zero-order valence-corrected chi connectivity index (χ0v) is 47.8. The molecule has 0 unspecified atom stereocenters. The molecular formula is C62H83N9O7. The first kappa shape index (κ1) is 58.8. The standard InChI is InChI=1S/C62H83N9O7/c1-37-19-17-24-45(38(37)2)33-69(36-48-31-44-21-13-14-22-46(44)34-70(48)59(77)52(61(5,6)7)67-54(72)39(3)63-11)58(76)43-29-27-42(28-30-43)56(74)65-47-32-51(57(75)66-50-26-18-23-41-20-15-16-25-49(41)50)71(35-47)60(78)53(62(8,9)10)68-55(73)40(4)64-12/h13-17,19-22,24-25,27-30,39-40,47-48,50-53,63-64H,18,23,26,31-36H2,1-12H3,(H,65,74)(H,66,75)(H,67,72)(H,68,73)/t39-,40-,47-,48-,50+,51-,52+,53+/m0/s1. The zero-order valence-electron chi connectivity index (χ0n) is 47.8. The normalized spacial score (nSPS) is 19.7. The van der Waals surface area contributed by atoms with E-state index in [4.69, 9.17) is 0 Å². The first-order valence-electron chi connectivity index (χ1n) is 27.7. The van der Waals surface area contributed by atoms with E-state index < -0.39 is 64.9 Å². The Morgan fingerprint density at radius 3 is 1.83 bits per heavy atom. The number of carbonyl (C=O) groups excluding carboxylic acids is 7. The van der Waals surface area contributed by atoms with Crippen molar-refractivity contribution in [3.05, 3.63) is 141 Å². The molecule has 78 heavy (non-hydrogen) atoms. The molecule has 8 atom stereocenters. The van der Waals surface area contributed by atoms with E-state index in [0.29, 0.717) is 18.5 Å². The molecule has 0 saturated carbocycles. The highest BCUT2D eigenvalue weighted by Crippen LogP contribution is 2.33. The first-order chi connectivity index (χ1) is 36.9. The quantitative estimate of drug-likeness (QED) is 0.0727. The molecule has 0 spiro atoms. The van der Waals surface area contributed by atoms with Crippen LogP contribution in [0.1, 0.15) is 140 Å². The summed E-state index contributed by atoms with van der Waals surface area (Å²) in [5.41, 5.74) is 6.65. The fourth-order valence-corrected chi connectivity index (χ4v) is 10.9. The van der Waals surface area contributed by atoms with Crippen molar-refractivity contribution < 1.29 is 33.6 Å². The molecule has 1 saturated heterocycles. The molecule has 2 heterocycles. The van der Waals surface area contributed by atoms with Crippen LogP contribution in [0.3, 0.4) is 0 Å². The van der Waals surface area contributed by atoms with E-state index >= 15 is 4.79 Å². The van der Waals surface area contributed by atoms with Crippen LogP contribution in [0, 0.1) is 24.7 Å². The second-order valence-electron chi connectivity index (χ2n) is 23.9. The second-order valence-corrected chi connectivity index (χ2v) is 23.9. The fourth-order valence-electron chi connectivity index (χ4n) is 10.9. The maximum absolute atomic E-state index is 15.1. The molecule has 0 radical (unpaired) electrons. The van der Waals surface area contributed by atoms with E-state index in [2.05, 4.69) is 44.0 Å². The van der Waals surface area contributed by atoms with Gasteiger partial charge >= 0.3 is 0 Å². The molecule has 2 aliphatic heterocycles. The molecule has 1 fully saturated rings. The number of carbonyl (C=O) groups is 7. The average molecular weight is 1070 g/mol. The number of hydrogen-bond acceptors (Lipinski definition) is 9. The maximum Gasteiger partial charge on any atom is 0.254 e. The number of nitrogens with one attached hydrogen (secondary N) is 6. The van der Waals surface area contributed by atoms with Gasteiger partial charge in [-0.2, -0.15) is 0 Å². The van der Waals surface area contributed by atoms with Crippen molar-refractivity contribution in [2.45, 2.75) is 163 Å². The summed E-state index contributed by atoms with van der Waals surface area (Å²) in [6.07, 6.45) is 3.19. The van der Waals surface area contributed by atoms with Crippen molar-refractivity contribution in [3.63, 3.8) is 0 Å². The molecular weight excluding hydrogens is 983 g/mol. The number of benzene rings is 4. The van der Waals surface area contributed by atoms with Crippen LogP contribution in [0.25, 0.3) is 0 Å². The van der Waals surface area contributed by atoms with Crippen LogP contribution in [-0.2, 0) is 49.9 Å². The molecule has 7 amide bonds. The monoisotopic (exact) mass is 1070 g/mol. The largest absolute Gasteiger partial charge is 0.347 e. The van der Waals surface area contributed by atoms with Crippen molar-refractivity contribution in [2.75, 3.05) is 27.2 Å². The number of rotatable bonds is 17. The second kappa shape index (κ2) is 24.8. The van der Waals surface area contributed by atoms with Gasteiger partial charge in [-0.15, -0.1) is 0 Å². The van der Waals surface area contributed by atoms with Gasteiger partial charge in [0.2, 0.25) is 29.5 Å². The van der Waals surface area contributed by atoms with Crippen molar-refractivity contribution >= 4 is 41.4 Å². The molecule has 3 aliphatic rings. The Morgan fingerprint density at radius 1 is 0.667 bits per heavy atom. The number of hydrogen-bond donors (Lipinski definition) is 6. The first-order valence-corrected chi connectivity index (χ1v) is 27.7. The Balaban J connectivity index is 1.14. The van der Waals surface area contributed by atoms with Gasteiger partial charge in [-0.1, -0.05) is 108 Å². The predicted molar refractivity (Wildman–Crippen MR) is 303 cm³/mol. The minimum Gasteiger partial charge on any atom is -0.347 e. The smallest absolute Gasteiger partial charge is 0.254 e. The van der Waals surface area contributed by atoms with Gasteiger partial charge in [0.15, 0.2) is 0 Å². The Morgan fingerprint density at radius 2 is 1.23 bits per heavy atom. The van der Waals surface area contributed by atoms with E-state index in [0.717, 1.165) is 52.6 Å². The van der Waals surface area contributed by atoms with Gasteiger partial charge in [0, 0.05) is 43.3 Å². The summed E-state index contributed by atoms with van der Waals surface area (Å²) in [6.45, 7) is 19.7. The highest BCUT2D eigenvalue weighted by Gasteiger charge is 2.47. The number of amides is 7. The summed E-state index contributed by atoms with van der Waals surface area (Å²) in [7, 11) is 3.37. The van der Waals surface area contributed by atoms with Crippen molar-refractivity contribution in [3.8, 4) is 0 Å². The maximum atomic E-state index is 15.1. The van der Waals surface area contributed by atoms with Gasteiger partial charge in [0.1, 0.15) is 18.1 Å². The topological polar surface area (TPSA) is 201 Å². The third kappa shape index (κ3) is 13.7. The van der Waals surface area contributed by atoms with Crippen LogP contribution in [-0.4, -0.2) is 126 Å². The molecule has 4 aromatic rings. The summed E-state index contributed by atoms with van der Waals surface area (Å²) in [5.74, 6) is -2.35. The molecule has 16 heteroatoms. The van der Waals surface area contributed by atoms with Crippen LogP contribution in [0.4, 0.5) is 0 Å². The lowest BCUT2D eigenvalue weighted by atomic mass is 9.84.